The van der Waals surface area contributed by atoms with Gasteiger partial charge in [0.05, 0.1) is 6.10 Å². The lowest BCUT2D eigenvalue weighted by molar-refractivity contribution is 0.143. The van der Waals surface area contributed by atoms with E-state index in [9.17, 15) is 5.11 Å². The van der Waals surface area contributed by atoms with E-state index < -0.39 is 0 Å². The smallest absolute Gasteiger partial charge is 0.0793 e. The number of aliphatic hydroxyl groups is 1. The summed E-state index contributed by atoms with van der Waals surface area (Å²) in [4.78, 5) is 0. The molecule has 0 fully saturated rings. The van der Waals surface area contributed by atoms with Crippen LogP contribution >= 0.6 is 0 Å². The van der Waals surface area contributed by atoms with Crippen molar-refractivity contribution in [2.75, 3.05) is 0 Å². The van der Waals surface area contributed by atoms with Gasteiger partial charge in [0.2, 0.25) is 0 Å². The minimum absolute atomic E-state index is 0.0249. The van der Waals surface area contributed by atoms with Crippen molar-refractivity contribution in [2.24, 2.45) is 0 Å². The molecule has 0 unspecified atom stereocenters. The summed E-state index contributed by atoms with van der Waals surface area (Å²) in [6, 6.07) is 18.9. The van der Waals surface area contributed by atoms with E-state index in [0.29, 0.717) is 0 Å². The quantitative estimate of drug-likeness (QED) is 0.800. The Morgan fingerprint density at radius 3 is 2.44 bits per heavy atom. The molecule has 2 aromatic rings. The Morgan fingerprint density at radius 1 is 1.00 bits per heavy atom. The van der Waals surface area contributed by atoms with Crippen molar-refractivity contribution in [1.82, 2.24) is 0 Å². The van der Waals surface area contributed by atoms with Crippen molar-refractivity contribution in [3.8, 4) is 0 Å². The second-order valence-electron chi connectivity index (χ2n) is 5.34. The second kappa shape index (κ2) is 4.25. The van der Waals surface area contributed by atoms with Crippen molar-refractivity contribution in [2.45, 2.75) is 31.3 Å². The molecule has 18 heavy (non-hydrogen) atoms. The van der Waals surface area contributed by atoms with E-state index in [1.807, 2.05) is 6.07 Å². The summed E-state index contributed by atoms with van der Waals surface area (Å²) >= 11 is 0. The summed E-state index contributed by atoms with van der Waals surface area (Å²) < 4.78 is 0. The van der Waals surface area contributed by atoms with Gasteiger partial charge in [-0.15, -0.1) is 0 Å². The number of hydrogen-bond donors (Lipinski definition) is 1. The van der Waals surface area contributed by atoms with Crippen LogP contribution in [0.1, 0.15) is 42.6 Å². The normalized spacial score (nSPS) is 26.7. The zero-order chi connectivity index (χ0) is 12.6. The fourth-order valence-corrected chi connectivity index (χ4v) is 3.11. The summed E-state index contributed by atoms with van der Waals surface area (Å²) in [6.45, 7) is 2.28. The molecule has 0 saturated carbocycles. The maximum absolute atomic E-state index is 10.1. The summed E-state index contributed by atoms with van der Waals surface area (Å²) in [7, 11) is 0. The van der Waals surface area contributed by atoms with Crippen LogP contribution in [-0.4, -0.2) is 5.11 Å². The van der Waals surface area contributed by atoms with E-state index in [1.165, 1.54) is 11.1 Å². The van der Waals surface area contributed by atoms with E-state index in [4.69, 9.17) is 0 Å². The Hall–Kier alpha value is -1.60. The second-order valence-corrected chi connectivity index (χ2v) is 5.34. The van der Waals surface area contributed by atoms with Crippen molar-refractivity contribution in [3.63, 3.8) is 0 Å². The summed E-state index contributed by atoms with van der Waals surface area (Å²) in [5.41, 5.74) is 3.73. The van der Waals surface area contributed by atoms with Gasteiger partial charge < -0.3 is 5.11 Å². The van der Waals surface area contributed by atoms with E-state index in [-0.39, 0.29) is 11.5 Å². The number of fused-ring (bicyclic) bond motifs is 1. The Kier molecular flexibility index (Phi) is 2.71. The number of rotatable bonds is 1. The molecule has 92 valence electrons. The van der Waals surface area contributed by atoms with Crippen LogP contribution in [0.2, 0.25) is 0 Å². The Morgan fingerprint density at radius 2 is 1.67 bits per heavy atom. The van der Waals surface area contributed by atoms with Crippen molar-refractivity contribution in [3.05, 3.63) is 71.3 Å². The van der Waals surface area contributed by atoms with Crippen LogP contribution in [-0.2, 0) is 5.41 Å². The molecule has 0 heterocycles. The molecule has 3 rings (SSSR count). The molecule has 0 saturated heterocycles. The maximum atomic E-state index is 10.1. The third kappa shape index (κ3) is 1.67. The first kappa shape index (κ1) is 11.5. The molecule has 2 aromatic carbocycles. The van der Waals surface area contributed by atoms with Crippen LogP contribution in [0, 0.1) is 0 Å². The first-order valence-electron chi connectivity index (χ1n) is 6.55. The fourth-order valence-electron chi connectivity index (χ4n) is 3.11. The van der Waals surface area contributed by atoms with Gasteiger partial charge in [-0.2, -0.15) is 0 Å². The van der Waals surface area contributed by atoms with Crippen molar-refractivity contribution in [1.29, 1.82) is 0 Å². The zero-order valence-corrected chi connectivity index (χ0v) is 10.6. The molecule has 0 spiro atoms. The highest BCUT2D eigenvalue weighted by molar-refractivity contribution is 5.45. The van der Waals surface area contributed by atoms with Gasteiger partial charge >= 0.3 is 0 Å². The molecule has 0 bridgehead atoms. The topological polar surface area (TPSA) is 20.2 Å². The highest BCUT2D eigenvalue weighted by Gasteiger charge is 2.36. The standard InChI is InChI=1S/C17H18O/c1-17(13-7-3-2-4-8-13)12-11-16(18)14-9-5-6-10-15(14)17/h2-10,16,18H,11-12H2,1H3/t16-,17-/m1/s1. The van der Waals surface area contributed by atoms with E-state index in [0.717, 1.165) is 18.4 Å². The predicted molar refractivity (Wildman–Crippen MR) is 73.5 cm³/mol. The largest absolute Gasteiger partial charge is 0.388 e. The maximum Gasteiger partial charge on any atom is 0.0793 e. The minimum atomic E-state index is -0.307. The lowest BCUT2D eigenvalue weighted by Gasteiger charge is -2.38. The molecular formula is C17H18O. The Balaban J connectivity index is 2.17. The number of hydrogen-bond acceptors (Lipinski definition) is 1. The lowest BCUT2D eigenvalue weighted by atomic mass is 9.66. The van der Waals surface area contributed by atoms with Gasteiger partial charge in [0.1, 0.15) is 0 Å². The molecule has 0 aliphatic heterocycles. The molecule has 1 aliphatic rings. The highest BCUT2D eigenvalue weighted by Crippen LogP contribution is 2.45. The first-order chi connectivity index (χ1) is 8.72. The molecule has 0 radical (unpaired) electrons. The van der Waals surface area contributed by atoms with Gasteiger partial charge in [0.15, 0.2) is 0 Å². The fraction of sp³-hybridized carbons (Fsp3) is 0.294. The minimum Gasteiger partial charge on any atom is -0.388 e. The van der Waals surface area contributed by atoms with Crippen molar-refractivity contribution < 1.29 is 5.11 Å². The molecule has 2 atom stereocenters. The van der Waals surface area contributed by atoms with Crippen LogP contribution in [0.25, 0.3) is 0 Å². The van der Waals surface area contributed by atoms with E-state index in [1.54, 1.807) is 0 Å². The first-order valence-corrected chi connectivity index (χ1v) is 6.55. The van der Waals surface area contributed by atoms with Gasteiger partial charge in [0, 0.05) is 5.41 Å². The van der Waals surface area contributed by atoms with Crippen LogP contribution in [0.5, 0.6) is 0 Å². The zero-order valence-electron chi connectivity index (χ0n) is 10.6. The van der Waals surface area contributed by atoms with Crippen LogP contribution in [0.3, 0.4) is 0 Å². The van der Waals surface area contributed by atoms with Crippen molar-refractivity contribution >= 4 is 0 Å². The van der Waals surface area contributed by atoms with E-state index >= 15 is 0 Å². The van der Waals surface area contributed by atoms with Crippen LogP contribution < -0.4 is 0 Å². The molecule has 1 nitrogen and oxygen atoms in total. The molecule has 1 aliphatic carbocycles. The number of aliphatic hydroxyl groups excluding tert-OH is 1. The highest BCUT2D eigenvalue weighted by atomic mass is 16.3. The molecule has 0 amide bonds. The SMILES string of the molecule is C[C@]1(c2ccccc2)CC[C@@H](O)c2ccccc21. The Bertz CT molecular complexity index is 547. The summed E-state index contributed by atoms with van der Waals surface area (Å²) in [6.07, 6.45) is 1.52. The summed E-state index contributed by atoms with van der Waals surface area (Å²) in [5.74, 6) is 0. The van der Waals surface area contributed by atoms with Crippen LogP contribution in [0.15, 0.2) is 54.6 Å². The lowest BCUT2D eigenvalue weighted by Crippen LogP contribution is -2.30. The summed E-state index contributed by atoms with van der Waals surface area (Å²) in [5, 5.41) is 10.1. The third-order valence-corrected chi connectivity index (χ3v) is 4.24. The molecule has 1 N–H and O–H groups in total. The van der Waals surface area contributed by atoms with Gasteiger partial charge in [-0.05, 0) is 29.5 Å². The van der Waals surface area contributed by atoms with Gasteiger partial charge in [-0.3, -0.25) is 0 Å². The van der Waals surface area contributed by atoms with Gasteiger partial charge in [-0.25, -0.2) is 0 Å². The third-order valence-electron chi connectivity index (χ3n) is 4.24. The average Bonchev–Trinajstić information content (AvgIpc) is 2.44. The predicted octanol–water partition coefficient (Wildman–Crippen LogP) is 3.82. The molecule has 1 heteroatoms. The van der Waals surface area contributed by atoms with Gasteiger partial charge in [-0.1, -0.05) is 61.5 Å². The number of benzene rings is 2. The molecular weight excluding hydrogens is 220 g/mol. The molecule has 0 aromatic heterocycles. The van der Waals surface area contributed by atoms with E-state index in [2.05, 4.69) is 55.5 Å². The average molecular weight is 238 g/mol. The van der Waals surface area contributed by atoms with Crippen LogP contribution in [0.4, 0.5) is 0 Å². The monoisotopic (exact) mass is 238 g/mol. The Labute approximate surface area is 108 Å². The van der Waals surface area contributed by atoms with Gasteiger partial charge in [0.25, 0.3) is 0 Å².